The molecule has 0 spiro atoms. The summed E-state index contributed by atoms with van der Waals surface area (Å²) in [5, 5.41) is 17.5. The lowest BCUT2D eigenvalue weighted by molar-refractivity contribution is -0.122. The van der Waals surface area contributed by atoms with Crippen molar-refractivity contribution in [3.63, 3.8) is 0 Å². The summed E-state index contributed by atoms with van der Waals surface area (Å²) >= 11 is 23.6. The van der Waals surface area contributed by atoms with Gasteiger partial charge in [0.1, 0.15) is 6.17 Å². The number of nitrogens with zero attached hydrogens (tertiary/aromatic N) is 2. The third-order valence-corrected chi connectivity index (χ3v) is 5.89. The third kappa shape index (κ3) is 9.74. The van der Waals surface area contributed by atoms with Crippen LogP contribution in [0.3, 0.4) is 0 Å². The Kier molecular flexibility index (Phi) is 11.5. The summed E-state index contributed by atoms with van der Waals surface area (Å²) in [5.41, 5.74) is 4.23. The maximum atomic E-state index is 12.3. The molecule has 0 heterocycles. The number of carbonyl (C=O) groups is 1. The number of benzene rings is 2. The van der Waals surface area contributed by atoms with Gasteiger partial charge in [0, 0.05) is 12.1 Å². The highest BCUT2D eigenvalue weighted by Gasteiger charge is 2.34. The lowest BCUT2D eigenvalue weighted by Crippen LogP contribution is -2.56. The summed E-state index contributed by atoms with van der Waals surface area (Å²) in [4.78, 5) is 12.3. The summed E-state index contributed by atoms with van der Waals surface area (Å²) in [6, 6.07) is 13.3. The fourth-order valence-electron chi connectivity index (χ4n) is 3.07. The number of azo groups is 1. The van der Waals surface area contributed by atoms with Crippen LogP contribution >= 0.6 is 47.0 Å². The number of aryl methyl sites for hydroxylation is 2. The van der Waals surface area contributed by atoms with Crippen LogP contribution in [0.2, 0.25) is 0 Å². The largest absolute Gasteiger partial charge is 0.339 e. The van der Waals surface area contributed by atoms with Gasteiger partial charge >= 0.3 is 0 Å². The molecule has 1 amide bonds. The highest BCUT2D eigenvalue weighted by molar-refractivity contribution is 7.80. The summed E-state index contributed by atoms with van der Waals surface area (Å²) in [5.74, 6) is -0.206. The molecule has 0 aliphatic rings. The number of anilines is 1. The third-order valence-electron chi connectivity index (χ3n) is 5.01. The lowest BCUT2D eigenvalue weighted by atomic mass is 10.1. The molecule has 6 nitrogen and oxygen atoms in total. The van der Waals surface area contributed by atoms with E-state index < -0.39 is 9.96 Å². The second kappa shape index (κ2) is 13.8. The second-order valence-corrected chi connectivity index (χ2v) is 10.7. The molecule has 0 saturated carbocycles. The van der Waals surface area contributed by atoms with Crippen molar-refractivity contribution in [2.45, 2.75) is 62.8 Å². The first kappa shape index (κ1) is 28.3. The van der Waals surface area contributed by atoms with Gasteiger partial charge in [-0.15, -0.1) is 0 Å². The predicted octanol–water partition coefficient (Wildman–Crippen LogP) is 7.79. The van der Waals surface area contributed by atoms with Crippen molar-refractivity contribution in [2.24, 2.45) is 10.2 Å². The quantitative estimate of drug-likeness (QED) is 0.0941. The van der Waals surface area contributed by atoms with Crippen molar-refractivity contribution in [3.8, 4) is 0 Å². The molecule has 2 aromatic rings. The topological polar surface area (TPSA) is 77.9 Å². The van der Waals surface area contributed by atoms with Gasteiger partial charge in [-0.05, 0) is 67.9 Å². The van der Waals surface area contributed by atoms with E-state index in [1.807, 2.05) is 56.3 Å². The summed E-state index contributed by atoms with van der Waals surface area (Å²) in [6.45, 7) is 6.02. The van der Waals surface area contributed by atoms with Crippen molar-refractivity contribution >= 4 is 75.1 Å². The van der Waals surface area contributed by atoms with Gasteiger partial charge in [0.15, 0.2) is 5.11 Å². The molecule has 184 valence electrons. The molecule has 0 radical (unpaired) electrons. The number of hydrogen-bond acceptors (Lipinski definition) is 4. The first-order valence-electron chi connectivity index (χ1n) is 11.1. The maximum absolute atomic E-state index is 12.3. The van der Waals surface area contributed by atoms with Crippen LogP contribution in [0.15, 0.2) is 52.7 Å². The second-order valence-electron chi connectivity index (χ2n) is 7.94. The number of nitrogens with one attached hydrogen (secondary N) is 3. The van der Waals surface area contributed by atoms with E-state index in [1.54, 1.807) is 0 Å². The minimum atomic E-state index is -1.79. The van der Waals surface area contributed by atoms with E-state index in [0.29, 0.717) is 12.1 Å². The predicted molar refractivity (Wildman–Crippen MR) is 147 cm³/mol. The van der Waals surface area contributed by atoms with Crippen molar-refractivity contribution in [2.75, 3.05) is 5.32 Å². The molecule has 10 heteroatoms. The molecule has 0 fully saturated rings. The molecule has 0 saturated heterocycles. The number of halogens is 3. The van der Waals surface area contributed by atoms with E-state index in [1.165, 1.54) is 0 Å². The van der Waals surface area contributed by atoms with Crippen LogP contribution in [0, 0.1) is 13.8 Å². The highest BCUT2D eigenvalue weighted by Crippen LogP contribution is 2.30. The minimum Gasteiger partial charge on any atom is -0.339 e. The normalized spacial score (nSPS) is 12.4. The molecular formula is C24H30Cl3N5OS. The Bertz CT molecular complexity index is 1010. The van der Waals surface area contributed by atoms with E-state index in [0.717, 1.165) is 48.2 Å². The van der Waals surface area contributed by atoms with Gasteiger partial charge in [-0.2, -0.15) is 10.2 Å². The molecule has 34 heavy (non-hydrogen) atoms. The molecule has 1 atom stereocenters. The molecule has 2 rings (SSSR count). The SMILES string of the molecule is CCCCCCC(=O)N[C@@H](NC(=S)Nc1ccc(N=Nc2ccccc2C)cc1C)C(Cl)(Cl)Cl. The average molecular weight is 543 g/mol. The number of amides is 1. The van der Waals surface area contributed by atoms with Gasteiger partial charge in [-0.3, -0.25) is 4.79 Å². The van der Waals surface area contributed by atoms with Gasteiger partial charge in [-0.1, -0.05) is 79.2 Å². The molecule has 0 unspecified atom stereocenters. The summed E-state index contributed by atoms with van der Waals surface area (Å²) < 4.78 is -1.79. The number of carbonyl (C=O) groups excluding carboxylic acids is 1. The highest BCUT2D eigenvalue weighted by atomic mass is 35.6. The number of unbranched alkanes of at least 4 members (excludes halogenated alkanes) is 3. The smallest absolute Gasteiger partial charge is 0.228 e. The Morgan fingerprint density at radius 3 is 2.38 bits per heavy atom. The molecule has 3 N–H and O–H groups in total. The zero-order valence-electron chi connectivity index (χ0n) is 19.5. The summed E-state index contributed by atoms with van der Waals surface area (Å²) in [7, 11) is 0. The van der Waals surface area contributed by atoms with E-state index in [2.05, 4.69) is 33.1 Å². The van der Waals surface area contributed by atoms with Gasteiger partial charge in [0.05, 0.1) is 11.4 Å². The fourth-order valence-corrected chi connectivity index (χ4v) is 3.63. The Balaban J connectivity index is 1.98. The Hall–Kier alpha value is -1.93. The van der Waals surface area contributed by atoms with Crippen LogP contribution in [0.1, 0.15) is 50.2 Å². The van der Waals surface area contributed by atoms with E-state index in [9.17, 15) is 4.79 Å². The molecule has 0 aliphatic heterocycles. The van der Waals surface area contributed by atoms with Crippen molar-refractivity contribution < 1.29 is 4.79 Å². The minimum absolute atomic E-state index is 0.206. The summed E-state index contributed by atoms with van der Waals surface area (Å²) in [6.07, 6.45) is 3.31. The average Bonchev–Trinajstić information content (AvgIpc) is 2.77. The number of thiocarbonyl (C=S) groups is 1. The molecule has 0 bridgehead atoms. The van der Waals surface area contributed by atoms with Gasteiger partial charge < -0.3 is 16.0 Å². The maximum Gasteiger partial charge on any atom is 0.228 e. The van der Waals surface area contributed by atoms with Gasteiger partial charge in [0.2, 0.25) is 9.70 Å². The number of hydrogen-bond donors (Lipinski definition) is 3. The number of rotatable bonds is 10. The van der Waals surface area contributed by atoms with Crippen LogP contribution in [0.5, 0.6) is 0 Å². The van der Waals surface area contributed by atoms with Crippen molar-refractivity contribution in [1.29, 1.82) is 0 Å². The molecule has 0 aromatic heterocycles. The van der Waals surface area contributed by atoms with Crippen LogP contribution < -0.4 is 16.0 Å². The zero-order chi connectivity index (χ0) is 25.1. The van der Waals surface area contributed by atoms with Crippen LogP contribution in [-0.4, -0.2) is 21.0 Å². The Labute approximate surface area is 221 Å². The van der Waals surface area contributed by atoms with E-state index >= 15 is 0 Å². The first-order chi connectivity index (χ1) is 16.1. The Morgan fingerprint density at radius 2 is 1.74 bits per heavy atom. The monoisotopic (exact) mass is 541 g/mol. The van der Waals surface area contributed by atoms with Gasteiger partial charge in [0.25, 0.3) is 0 Å². The van der Waals surface area contributed by atoms with Crippen LogP contribution in [0.25, 0.3) is 0 Å². The molecular weight excluding hydrogens is 513 g/mol. The lowest BCUT2D eigenvalue weighted by Gasteiger charge is -2.28. The van der Waals surface area contributed by atoms with Crippen molar-refractivity contribution in [3.05, 3.63) is 53.6 Å². The van der Waals surface area contributed by atoms with E-state index in [-0.39, 0.29) is 11.0 Å². The number of alkyl halides is 3. The van der Waals surface area contributed by atoms with Crippen LogP contribution in [0.4, 0.5) is 17.1 Å². The van der Waals surface area contributed by atoms with Crippen molar-refractivity contribution in [1.82, 2.24) is 10.6 Å². The van der Waals surface area contributed by atoms with Crippen LogP contribution in [-0.2, 0) is 4.79 Å². The molecule has 2 aromatic carbocycles. The van der Waals surface area contributed by atoms with E-state index in [4.69, 9.17) is 47.0 Å². The zero-order valence-corrected chi connectivity index (χ0v) is 22.6. The first-order valence-corrected chi connectivity index (χ1v) is 12.7. The fraction of sp³-hybridized carbons (Fsp3) is 0.417. The molecule has 0 aliphatic carbocycles. The van der Waals surface area contributed by atoms with Gasteiger partial charge in [-0.25, -0.2) is 0 Å². The standard InChI is InChI=1S/C24H30Cl3N5OS/c1-4-5-6-7-12-21(33)29-22(24(25,26)27)30-23(34)28-19-14-13-18(15-17(19)3)31-32-20-11-9-8-10-16(20)2/h8-11,13-15,22H,4-7,12H2,1-3H3,(H,29,33)(H2,28,30,34)/t22-/m0/s1. The Morgan fingerprint density at radius 1 is 1.00 bits per heavy atom.